The van der Waals surface area contributed by atoms with E-state index in [-0.39, 0.29) is 39.5 Å². The molecule has 1 aliphatic carbocycles. The Morgan fingerprint density at radius 3 is 2.36 bits per heavy atom. The molecule has 3 rings (SSSR count). The van der Waals surface area contributed by atoms with E-state index in [0.29, 0.717) is 12.3 Å². The molecule has 0 saturated heterocycles. The second kappa shape index (κ2) is 10.9. The lowest BCUT2D eigenvalue weighted by Gasteiger charge is -2.21. The fourth-order valence-electron chi connectivity index (χ4n) is 2.81. The Kier molecular flexibility index (Phi) is 8.96. The third-order valence-electron chi connectivity index (χ3n) is 3.92. The van der Waals surface area contributed by atoms with E-state index in [9.17, 15) is 14.7 Å². The Hall–Kier alpha value is -3.08. The maximum absolute atomic E-state index is 12.8. The molecular weight excluding hydrogens is 354 g/mol. The van der Waals surface area contributed by atoms with Crippen LogP contribution in [0.4, 0.5) is 5.69 Å². The van der Waals surface area contributed by atoms with Gasteiger partial charge in [-0.2, -0.15) is 0 Å². The number of allylic oxidation sites excluding steroid dienone is 1. The minimum atomic E-state index is -0.434. The van der Waals surface area contributed by atoms with Gasteiger partial charge in [-0.25, -0.2) is 0 Å². The Morgan fingerprint density at radius 1 is 1.04 bits per heavy atom. The SMILES string of the molecule is C=CCCCOc1cc(N)cc2c1C(=O)c1c(O)cccc1C2=O.CC.CC. The molecule has 0 bridgehead atoms. The zero-order valence-electron chi connectivity index (χ0n) is 17.0. The molecule has 28 heavy (non-hydrogen) atoms. The zero-order valence-corrected chi connectivity index (χ0v) is 17.0. The standard InChI is InChI=1S/C19H17NO4.2C2H6/c1-2-3-4-8-24-15-10-11(20)9-13-17(15)19(23)16-12(18(13)22)6-5-7-14(16)21;2*1-2/h2,5-7,9-10,21H,1,3-4,8,20H2;2*1-2H3. The molecule has 3 N–H and O–H groups in total. The highest BCUT2D eigenvalue weighted by atomic mass is 16.5. The van der Waals surface area contributed by atoms with E-state index >= 15 is 0 Å². The molecular formula is C23H29NO4. The quantitative estimate of drug-likeness (QED) is 0.361. The van der Waals surface area contributed by atoms with Crippen LogP contribution in [-0.2, 0) is 0 Å². The molecule has 2 aromatic carbocycles. The third-order valence-corrected chi connectivity index (χ3v) is 3.92. The highest BCUT2D eigenvalue weighted by molar-refractivity contribution is 6.30. The average Bonchev–Trinajstić information content (AvgIpc) is 2.72. The van der Waals surface area contributed by atoms with E-state index in [4.69, 9.17) is 10.5 Å². The predicted molar refractivity (Wildman–Crippen MR) is 113 cm³/mol. The van der Waals surface area contributed by atoms with Crippen molar-refractivity contribution in [3.8, 4) is 11.5 Å². The summed E-state index contributed by atoms with van der Waals surface area (Å²) >= 11 is 0. The molecule has 0 heterocycles. The van der Waals surface area contributed by atoms with Gasteiger partial charge in [0, 0.05) is 22.9 Å². The summed E-state index contributed by atoms with van der Waals surface area (Å²) in [5, 5.41) is 10.0. The molecule has 2 aromatic rings. The van der Waals surface area contributed by atoms with Crippen molar-refractivity contribution in [2.75, 3.05) is 12.3 Å². The molecule has 0 radical (unpaired) electrons. The number of nitrogens with two attached hydrogens (primary N) is 1. The summed E-state index contributed by atoms with van der Waals surface area (Å²) in [6.45, 7) is 12.0. The van der Waals surface area contributed by atoms with Crippen LogP contribution in [-0.4, -0.2) is 23.3 Å². The first kappa shape index (κ1) is 23.0. The van der Waals surface area contributed by atoms with Crippen molar-refractivity contribution >= 4 is 17.3 Å². The molecule has 0 unspecified atom stereocenters. The number of ketones is 2. The average molecular weight is 383 g/mol. The summed E-state index contributed by atoms with van der Waals surface area (Å²) in [6.07, 6.45) is 3.29. The van der Waals surface area contributed by atoms with Crippen LogP contribution in [0.25, 0.3) is 0 Å². The van der Waals surface area contributed by atoms with E-state index in [1.54, 1.807) is 6.08 Å². The molecule has 0 saturated carbocycles. The largest absolute Gasteiger partial charge is 0.507 e. The van der Waals surface area contributed by atoms with Crippen molar-refractivity contribution in [3.63, 3.8) is 0 Å². The second-order valence-electron chi connectivity index (χ2n) is 5.58. The van der Waals surface area contributed by atoms with E-state index in [1.165, 1.54) is 30.3 Å². The first-order valence-corrected chi connectivity index (χ1v) is 9.63. The summed E-state index contributed by atoms with van der Waals surface area (Å²) in [7, 11) is 0. The maximum Gasteiger partial charge on any atom is 0.201 e. The van der Waals surface area contributed by atoms with Gasteiger partial charge < -0.3 is 15.6 Å². The number of rotatable bonds is 5. The number of unbranched alkanes of at least 4 members (excludes halogenated alkanes) is 1. The fraction of sp³-hybridized carbons (Fsp3) is 0.304. The predicted octanol–water partition coefficient (Wildman–Crippen LogP) is 5.15. The molecule has 0 fully saturated rings. The number of aromatic hydroxyl groups is 1. The Balaban J connectivity index is 0.000000921. The van der Waals surface area contributed by atoms with Crippen molar-refractivity contribution in [2.24, 2.45) is 0 Å². The molecule has 0 amide bonds. The van der Waals surface area contributed by atoms with E-state index in [1.807, 2.05) is 27.7 Å². The van der Waals surface area contributed by atoms with Crippen molar-refractivity contribution in [1.29, 1.82) is 0 Å². The number of anilines is 1. The van der Waals surface area contributed by atoms with Crippen LogP contribution in [0.15, 0.2) is 43.0 Å². The van der Waals surface area contributed by atoms with Crippen molar-refractivity contribution in [2.45, 2.75) is 40.5 Å². The minimum absolute atomic E-state index is 0.00992. The monoisotopic (exact) mass is 383 g/mol. The van der Waals surface area contributed by atoms with Gasteiger partial charge in [-0.3, -0.25) is 9.59 Å². The van der Waals surface area contributed by atoms with Crippen LogP contribution in [0, 0.1) is 0 Å². The fourth-order valence-corrected chi connectivity index (χ4v) is 2.81. The molecule has 5 heteroatoms. The third kappa shape index (κ3) is 4.60. The van der Waals surface area contributed by atoms with Gasteiger partial charge in [-0.1, -0.05) is 45.9 Å². The summed E-state index contributed by atoms with van der Waals surface area (Å²) in [6, 6.07) is 7.44. The lowest BCUT2D eigenvalue weighted by atomic mass is 9.83. The highest BCUT2D eigenvalue weighted by Gasteiger charge is 2.34. The Bertz CT molecular complexity index is 856. The van der Waals surface area contributed by atoms with Gasteiger partial charge >= 0.3 is 0 Å². The van der Waals surface area contributed by atoms with Gasteiger partial charge in [0.05, 0.1) is 17.7 Å². The minimum Gasteiger partial charge on any atom is -0.507 e. The summed E-state index contributed by atoms with van der Waals surface area (Å²) in [5.74, 6) is -0.734. The molecule has 150 valence electrons. The summed E-state index contributed by atoms with van der Waals surface area (Å²) < 4.78 is 5.68. The molecule has 5 nitrogen and oxygen atoms in total. The summed E-state index contributed by atoms with van der Waals surface area (Å²) in [4.78, 5) is 25.5. The van der Waals surface area contributed by atoms with E-state index in [2.05, 4.69) is 6.58 Å². The number of benzene rings is 2. The number of nitrogen functional groups attached to an aromatic ring is 1. The Labute approximate surface area is 166 Å². The lowest BCUT2D eigenvalue weighted by molar-refractivity contribution is 0.0973. The van der Waals surface area contributed by atoms with Gasteiger partial charge in [0.15, 0.2) is 5.78 Å². The number of hydrogen-bond donors (Lipinski definition) is 2. The molecule has 0 aliphatic heterocycles. The molecule has 0 atom stereocenters. The van der Waals surface area contributed by atoms with Crippen molar-refractivity contribution in [3.05, 3.63) is 65.2 Å². The first-order valence-electron chi connectivity index (χ1n) is 9.63. The normalized spacial score (nSPS) is 11.1. The zero-order chi connectivity index (χ0) is 21.3. The van der Waals surface area contributed by atoms with E-state index < -0.39 is 5.78 Å². The van der Waals surface area contributed by atoms with Crippen molar-refractivity contribution in [1.82, 2.24) is 0 Å². The van der Waals surface area contributed by atoms with Crippen LogP contribution in [0.1, 0.15) is 72.4 Å². The number of carbonyl (C=O) groups excluding carboxylic acids is 2. The van der Waals surface area contributed by atoms with Crippen LogP contribution in [0.3, 0.4) is 0 Å². The molecule has 0 aromatic heterocycles. The smallest absolute Gasteiger partial charge is 0.201 e. The van der Waals surface area contributed by atoms with Crippen molar-refractivity contribution < 1.29 is 19.4 Å². The van der Waals surface area contributed by atoms with Crippen LogP contribution >= 0.6 is 0 Å². The number of ether oxygens (including phenoxy) is 1. The number of phenols is 1. The number of hydrogen-bond acceptors (Lipinski definition) is 5. The molecule has 1 aliphatic rings. The lowest BCUT2D eigenvalue weighted by Crippen LogP contribution is -2.22. The van der Waals surface area contributed by atoms with Gasteiger partial charge in [0.1, 0.15) is 11.5 Å². The van der Waals surface area contributed by atoms with Gasteiger partial charge in [0.2, 0.25) is 5.78 Å². The topological polar surface area (TPSA) is 89.6 Å². The van der Waals surface area contributed by atoms with Gasteiger partial charge in [0.25, 0.3) is 0 Å². The van der Waals surface area contributed by atoms with Crippen LogP contribution in [0.2, 0.25) is 0 Å². The summed E-state index contributed by atoms with van der Waals surface area (Å²) in [5.41, 5.74) is 6.75. The maximum atomic E-state index is 12.8. The second-order valence-corrected chi connectivity index (χ2v) is 5.58. The first-order chi connectivity index (χ1) is 13.5. The number of phenolic OH excluding ortho intramolecular Hbond substituents is 1. The number of fused-ring (bicyclic) bond motifs is 2. The number of carbonyl (C=O) groups is 2. The molecule has 0 spiro atoms. The van der Waals surface area contributed by atoms with E-state index in [0.717, 1.165) is 12.8 Å². The van der Waals surface area contributed by atoms with Crippen LogP contribution in [0.5, 0.6) is 11.5 Å². The van der Waals surface area contributed by atoms with Crippen LogP contribution < -0.4 is 10.5 Å². The van der Waals surface area contributed by atoms with Gasteiger partial charge in [-0.15, -0.1) is 6.58 Å². The highest BCUT2D eigenvalue weighted by Crippen LogP contribution is 2.38. The Morgan fingerprint density at radius 2 is 1.71 bits per heavy atom. The van der Waals surface area contributed by atoms with Gasteiger partial charge in [-0.05, 0) is 25.0 Å².